The Kier molecular flexibility index (Phi) is 7.10. The molecule has 0 amide bonds. The molecule has 50 heavy (non-hydrogen) atoms. The fourth-order valence-electron chi connectivity index (χ4n) is 7.55. The van der Waals surface area contributed by atoms with Crippen LogP contribution in [0.2, 0.25) is 0 Å². The molecule has 0 aliphatic rings. The van der Waals surface area contributed by atoms with Gasteiger partial charge in [0.2, 0.25) is 0 Å². The standard InChI is InChI=1S/C46H35N3O/c1-4-14-44-45(30(2)3)46(36-19-10-13-22-43(36)50-44)47-29-48-39-20-11-8-17-34(39)37-27-31(23-25-40(37)48)32-24-26-42-38(28-32)35-18-9-12-21-41(35)49(42)33-15-6-5-7-16-33/h4-28H,2,29H2,1,3H3/b14-4-,47-46-. The molecule has 0 fully saturated rings. The highest BCUT2D eigenvalue weighted by atomic mass is 16.3. The quantitative estimate of drug-likeness (QED) is 0.177. The number of hydrogen-bond acceptors (Lipinski definition) is 2. The van der Waals surface area contributed by atoms with Crippen LogP contribution in [-0.4, -0.2) is 9.13 Å². The Balaban J connectivity index is 1.21. The third kappa shape index (κ3) is 4.72. The smallest absolute Gasteiger partial charge is 0.136 e. The number of allylic oxidation sites excluding steroid dienone is 2. The molecule has 240 valence electrons. The fraction of sp³-hybridized carbons (Fsp3) is 0.0652. The van der Waals surface area contributed by atoms with Crippen LogP contribution >= 0.6 is 0 Å². The predicted octanol–water partition coefficient (Wildman–Crippen LogP) is 11.9. The van der Waals surface area contributed by atoms with Crippen LogP contribution in [0.4, 0.5) is 0 Å². The minimum absolute atomic E-state index is 0.456. The first kappa shape index (κ1) is 29.7. The zero-order chi connectivity index (χ0) is 33.8. The summed E-state index contributed by atoms with van der Waals surface area (Å²) in [5, 5.41) is 6.80. The van der Waals surface area contributed by atoms with Crippen LogP contribution in [0.1, 0.15) is 25.2 Å². The van der Waals surface area contributed by atoms with Crippen LogP contribution in [-0.2, 0) is 6.67 Å². The van der Waals surface area contributed by atoms with Crippen molar-refractivity contribution < 1.29 is 4.42 Å². The van der Waals surface area contributed by atoms with Crippen LogP contribution in [0.5, 0.6) is 0 Å². The van der Waals surface area contributed by atoms with E-state index in [1.807, 2.05) is 44.2 Å². The van der Waals surface area contributed by atoms with Crippen LogP contribution in [0.3, 0.4) is 0 Å². The van der Waals surface area contributed by atoms with Crippen molar-refractivity contribution in [2.75, 3.05) is 0 Å². The third-order valence-electron chi connectivity index (χ3n) is 9.75. The Hall–Kier alpha value is -6.39. The van der Waals surface area contributed by atoms with Crippen molar-refractivity contribution in [2.45, 2.75) is 20.5 Å². The van der Waals surface area contributed by atoms with Crippen LogP contribution in [0.25, 0.3) is 83.0 Å². The zero-order valence-corrected chi connectivity index (χ0v) is 28.1. The molecule has 0 spiro atoms. The normalized spacial score (nSPS) is 12.4. The molecule has 4 nitrogen and oxygen atoms in total. The monoisotopic (exact) mass is 645 g/mol. The number of hydrogen-bond donors (Lipinski definition) is 0. The first-order valence-electron chi connectivity index (χ1n) is 17.1. The minimum Gasteiger partial charge on any atom is -0.456 e. The van der Waals surface area contributed by atoms with Gasteiger partial charge in [-0.3, -0.25) is 4.99 Å². The van der Waals surface area contributed by atoms with E-state index in [0.717, 1.165) is 49.9 Å². The van der Waals surface area contributed by atoms with Gasteiger partial charge in [0.15, 0.2) is 0 Å². The summed E-state index contributed by atoms with van der Waals surface area (Å²) in [5.74, 6) is 0.771. The van der Waals surface area contributed by atoms with E-state index in [1.54, 1.807) is 0 Å². The van der Waals surface area contributed by atoms with Crippen molar-refractivity contribution in [3.05, 3.63) is 169 Å². The van der Waals surface area contributed by atoms with Gasteiger partial charge in [0.1, 0.15) is 18.0 Å². The summed E-state index contributed by atoms with van der Waals surface area (Å²) in [4.78, 5) is 5.32. The molecule has 0 unspecified atom stereocenters. The molecular weight excluding hydrogens is 611 g/mol. The first-order chi connectivity index (χ1) is 24.6. The number of aromatic nitrogens is 2. The maximum Gasteiger partial charge on any atom is 0.136 e. The largest absolute Gasteiger partial charge is 0.456 e. The SMILES string of the molecule is C=C(C)c1c(/C=C\C)oc2ccccc2/c1=N/Cn1c2ccccc2c2cc(-c3ccc4c(c3)c3ccccc3n4-c3ccccc3)ccc21. The minimum atomic E-state index is 0.456. The van der Waals surface area contributed by atoms with Gasteiger partial charge in [-0.1, -0.05) is 91.5 Å². The maximum atomic E-state index is 6.33. The van der Waals surface area contributed by atoms with Gasteiger partial charge < -0.3 is 13.6 Å². The van der Waals surface area contributed by atoms with Gasteiger partial charge in [-0.05, 0) is 97.3 Å². The Morgan fingerprint density at radius 1 is 0.640 bits per heavy atom. The zero-order valence-electron chi connectivity index (χ0n) is 28.1. The Morgan fingerprint density at radius 3 is 1.92 bits per heavy atom. The lowest BCUT2D eigenvalue weighted by Crippen LogP contribution is -2.14. The molecule has 4 heteroatoms. The van der Waals surface area contributed by atoms with E-state index in [2.05, 4.69) is 137 Å². The van der Waals surface area contributed by atoms with E-state index < -0.39 is 0 Å². The Morgan fingerprint density at radius 2 is 1.20 bits per heavy atom. The second-order valence-electron chi connectivity index (χ2n) is 12.9. The second-order valence-corrected chi connectivity index (χ2v) is 12.9. The van der Waals surface area contributed by atoms with Crippen molar-refractivity contribution in [3.8, 4) is 16.8 Å². The second kappa shape index (κ2) is 11.9. The van der Waals surface area contributed by atoms with Gasteiger partial charge in [-0.2, -0.15) is 0 Å². The highest BCUT2D eigenvalue weighted by Crippen LogP contribution is 2.37. The number of fused-ring (bicyclic) bond motifs is 7. The molecule has 9 rings (SSSR count). The van der Waals surface area contributed by atoms with Gasteiger partial charge in [0, 0.05) is 38.2 Å². The van der Waals surface area contributed by atoms with Gasteiger partial charge >= 0.3 is 0 Å². The summed E-state index contributed by atoms with van der Waals surface area (Å²) in [7, 11) is 0. The van der Waals surface area contributed by atoms with E-state index in [0.29, 0.717) is 6.67 Å². The molecule has 9 aromatic rings. The summed E-state index contributed by atoms with van der Waals surface area (Å²) in [5.41, 5.74) is 10.9. The van der Waals surface area contributed by atoms with Crippen molar-refractivity contribution >= 4 is 66.2 Å². The molecule has 0 bridgehead atoms. The lowest BCUT2D eigenvalue weighted by molar-refractivity contribution is 0.586. The Labute approximate surface area is 290 Å². The fourth-order valence-corrected chi connectivity index (χ4v) is 7.55. The molecule has 0 aliphatic heterocycles. The number of rotatable bonds is 6. The summed E-state index contributed by atoms with van der Waals surface area (Å²) < 4.78 is 11.0. The molecule has 0 saturated heterocycles. The van der Waals surface area contributed by atoms with Crippen LogP contribution in [0, 0.1) is 0 Å². The van der Waals surface area contributed by atoms with Crippen LogP contribution < -0.4 is 5.36 Å². The highest BCUT2D eigenvalue weighted by Gasteiger charge is 2.16. The Bertz CT molecular complexity index is 2880. The van der Waals surface area contributed by atoms with Gasteiger partial charge in [-0.25, -0.2) is 0 Å². The topological polar surface area (TPSA) is 35.4 Å². The molecule has 0 saturated carbocycles. The van der Waals surface area contributed by atoms with Gasteiger partial charge in [0.05, 0.1) is 27.4 Å². The average Bonchev–Trinajstić information content (AvgIpc) is 3.66. The molecule has 3 heterocycles. The molecular formula is C46H35N3O. The number of benzene rings is 6. The van der Waals surface area contributed by atoms with Crippen LogP contribution in [0.15, 0.2) is 162 Å². The number of para-hydroxylation sites is 4. The number of nitrogens with zero attached hydrogens (tertiary/aromatic N) is 3. The maximum absolute atomic E-state index is 6.33. The van der Waals surface area contributed by atoms with Gasteiger partial charge in [-0.15, -0.1) is 0 Å². The lowest BCUT2D eigenvalue weighted by Gasteiger charge is -2.11. The summed E-state index contributed by atoms with van der Waals surface area (Å²) in [6, 6.07) is 49.7. The van der Waals surface area contributed by atoms with Crippen molar-refractivity contribution in [3.63, 3.8) is 0 Å². The van der Waals surface area contributed by atoms with Crippen molar-refractivity contribution in [1.29, 1.82) is 0 Å². The van der Waals surface area contributed by atoms with E-state index in [-0.39, 0.29) is 0 Å². The molecule has 0 atom stereocenters. The van der Waals surface area contributed by atoms with E-state index in [1.165, 1.54) is 43.7 Å². The molecule has 3 aromatic heterocycles. The third-order valence-corrected chi connectivity index (χ3v) is 9.75. The van der Waals surface area contributed by atoms with Gasteiger partial charge in [0.25, 0.3) is 0 Å². The summed E-state index contributed by atoms with van der Waals surface area (Å²) in [6.07, 6.45) is 3.99. The molecule has 0 N–H and O–H groups in total. The summed E-state index contributed by atoms with van der Waals surface area (Å²) in [6.45, 7) is 8.78. The molecule has 0 aliphatic carbocycles. The molecule has 0 radical (unpaired) electrons. The average molecular weight is 646 g/mol. The predicted molar refractivity (Wildman–Crippen MR) is 210 cm³/mol. The van der Waals surface area contributed by atoms with Crippen molar-refractivity contribution in [1.82, 2.24) is 9.13 Å². The van der Waals surface area contributed by atoms with E-state index >= 15 is 0 Å². The first-order valence-corrected chi connectivity index (χ1v) is 17.1. The van der Waals surface area contributed by atoms with E-state index in [9.17, 15) is 0 Å². The highest BCUT2D eigenvalue weighted by molar-refractivity contribution is 6.12. The molecule has 6 aromatic carbocycles. The summed E-state index contributed by atoms with van der Waals surface area (Å²) >= 11 is 0. The lowest BCUT2D eigenvalue weighted by atomic mass is 10.0. The van der Waals surface area contributed by atoms with E-state index in [4.69, 9.17) is 9.41 Å². The van der Waals surface area contributed by atoms with Crippen molar-refractivity contribution in [2.24, 2.45) is 4.99 Å².